The first kappa shape index (κ1) is 20.4. The number of ether oxygens (including phenoxy) is 1. The zero-order valence-corrected chi connectivity index (χ0v) is 19.2. The van der Waals surface area contributed by atoms with E-state index in [0.29, 0.717) is 34.6 Å². The van der Waals surface area contributed by atoms with Crippen LogP contribution in [0.5, 0.6) is 0 Å². The van der Waals surface area contributed by atoms with Crippen molar-refractivity contribution in [2.75, 3.05) is 31.2 Å². The highest BCUT2D eigenvalue weighted by Gasteiger charge is 2.22. The maximum Gasteiger partial charge on any atom is 0.157 e. The molecular formula is C23H19Cl2N7O. The van der Waals surface area contributed by atoms with E-state index in [4.69, 9.17) is 32.9 Å². The number of hydrogen-bond acceptors (Lipinski definition) is 6. The molecule has 0 saturated carbocycles. The normalized spacial score (nSPS) is 14.5. The second-order valence-corrected chi connectivity index (χ2v) is 8.69. The van der Waals surface area contributed by atoms with Gasteiger partial charge in [-0.1, -0.05) is 35.3 Å². The smallest absolute Gasteiger partial charge is 0.157 e. The van der Waals surface area contributed by atoms with Gasteiger partial charge in [0.15, 0.2) is 5.82 Å². The Hall–Kier alpha value is -3.20. The number of anilines is 1. The first-order chi connectivity index (χ1) is 16.1. The zero-order chi connectivity index (χ0) is 22.5. The van der Waals surface area contributed by atoms with Gasteiger partial charge in [-0.05, 0) is 25.1 Å². The SMILES string of the molecule is Cc1nc2c(-c3ncn[nH]3)cc(N3CCOCC3)cc2n1-c1c(Cl)cnc2c(Cl)cccc12. The van der Waals surface area contributed by atoms with Crippen molar-refractivity contribution in [2.45, 2.75) is 6.92 Å². The molecule has 0 amide bonds. The van der Waals surface area contributed by atoms with Crippen molar-refractivity contribution in [3.63, 3.8) is 0 Å². The highest BCUT2D eigenvalue weighted by atomic mass is 35.5. The van der Waals surface area contributed by atoms with Gasteiger partial charge in [0, 0.05) is 35.9 Å². The predicted molar refractivity (Wildman–Crippen MR) is 130 cm³/mol. The number of nitrogens with zero attached hydrogens (tertiary/aromatic N) is 6. The highest BCUT2D eigenvalue weighted by molar-refractivity contribution is 6.37. The molecular weight excluding hydrogens is 461 g/mol. The van der Waals surface area contributed by atoms with Crippen molar-refractivity contribution in [3.8, 4) is 17.1 Å². The molecule has 3 aromatic heterocycles. The van der Waals surface area contributed by atoms with Crippen molar-refractivity contribution in [1.29, 1.82) is 0 Å². The van der Waals surface area contributed by atoms with Crippen LogP contribution in [0.25, 0.3) is 39.0 Å². The van der Waals surface area contributed by atoms with Crippen LogP contribution in [-0.4, -0.2) is 56.0 Å². The maximum atomic E-state index is 6.74. The molecule has 1 N–H and O–H groups in total. The van der Waals surface area contributed by atoms with Gasteiger partial charge in [-0.25, -0.2) is 9.97 Å². The molecule has 5 aromatic rings. The number of H-pyrrole nitrogens is 1. The number of aryl methyl sites for hydroxylation is 1. The van der Waals surface area contributed by atoms with E-state index < -0.39 is 0 Å². The molecule has 0 aliphatic carbocycles. The van der Waals surface area contributed by atoms with Crippen LogP contribution in [0.1, 0.15) is 5.82 Å². The molecule has 1 aliphatic rings. The number of rotatable bonds is 3. The molecule has 4 heterocycles. The van der Waals surface area contributed by atoms with Gasteiger partial charge in [0.1, 0.15) is 17.7 Å². The monoisotopic (exact) mass is 479 g/mol. The molecule has 1 fully saturated rings. The van der Waals surface area contributed by atoms with Gasteiger partial charge < -0.3 is 9.64 Å². The third kappa shape index (κ3) is 3.33. The van der Waals surface area contributed by atoms with Crippen LogP contribution >= 0.6 is 23.2 Å². The molecule has 1 aliphatic heterocycles. The van der Waals surface area contributed by atoms with Crippen molar-refractivity contribution in [2.24, 2.45) is 0 Å². The fourth-order valence-electron chi connectivity index (χ4n) is 4.46. The van der Waals surface area contributed by atoms with Crippen LogP contribution in [-0.2, 0) is 4.74 Å². The molecule has 6 rings (SSSR count). The lowest BCUT2D eigenvalue weighted by atomic mass is 10.1. The third-order valence-corrected chi connectivity index (χ3v) is 6.54. The average Bonchev–Trinajstić information content (AvgIpc) is 3.47. The van der Waals surface area contributed by atoms with Crippen LogP contribution < -0.4 is 4.90 Å². The van der Waals surface area contributed by atoms with Crippen LogP contribution in [0.4, 0.5) is 5.69 Å². The van der Waals surface area contributed by atoms with Gasteiger partial charge >= 0.3 is 0 Å². The lowest BCUT2D eigenvalue weighted by molar-refractivity contribution is 0.122. The second kappa shape index (κ2) is 7.98. The Bertz CT molecular complexity index is 1490. The minimum atomic E-state index is 0.519. The summed E-state index contributed by atoms with van der Waals surface area (Å²) in [6.07, 6.45) is 3.14. The summed E-state index contributed by atoms with van der Waals surface area (Å²) < 4.78 is 7.63. The van der Waals surface area contributed by atoms with Gasteiger partial charge in [-0.2, -0.15) is 5.10 Å². The van der Waals surface area contributed by atoms with Crippen molar-refractivity contribution in [3.05, 3.63) is 58.7 Å². The molecule has 10 heteroatoms. The van der Waals surface area contributed by atoms with E-state index in [1.165, 1.54) is 6.33 Å². The number of pyridine rings is 1. The molecule has 0 unspecified atom stereocenters. The fourth-order valence-corrected chi connectivity index (χ4v) is 4.91. The van der Waals surface area contributed by atoms with E-state index in [9.17, 15) is 0 Å². The number of benzene rings is 2. The molecule has 166 valence electrons. The van der Waals surface area contributed by atoms with E-state index in [1.54, 1.807) is 6.20 Å². The fraction of sp³-hybridized carbons (Fsp3) is 0.217. The molecule has 0 radical (unpaired) electrons. The number of hydrogen-bond donors (Lipinski definition) is 1. The zero-order valence-electron chi connectivity index (χ0n) is 17.7. The summed E-state index contributed by atoms with van der Waals surface area (Å²) in [7, 11) is 0. The Morgan fingerprint density at radius 1 is 1.03 bits per heavy atom. The minimum absolute atomic E-state index is 0.519. The van der Waals surface area contributed by atoms with Crippen molar-refractivity contribution in [1.82, 2.24) is 29.7 Å². The first-order valence-electron chi connectivity index (χ1n) is 10.6. The topological polar surface area (TPSA) is 84.8 Å². The molecule has 0 bridgehead atoms. The number of morpholine rings is 1. The molecule has 1 saturated heterocycles. The van der Waals surface area contributed by atoms with Gasteiger partial charge in [0.05, 0.1) is 40.0 Å². The second-order valence-electron chi connectivity index (χ2n) is 7.88. The lowest BCUT2D eigenvalue weighted by Crippen LogP contribution is -2.36. The third-order valence-electron chi connectivity index (χ3n) is 5.96. The Morgan fingerprint density at radius 3 is 2.67 bits per heavy atom. The summed E-state index contributed by atoms with van der Waals surface area (Å²) >= 11 is 13.2. The molecule has 0 atom stereocenters. The van der Waals surface area contributed by atoms with Crippen molar-refractivity contribution >= 4 is 50.8 Å². The summed E-state index contributed by atoms with van der Waals surface area (Å²) in [6, 6.07) is 9.96. The number of para-hydroxylation sites is 1. The van der Waals surface area contributed by atoms with E-state index in [1.807, 2.05) is 25.1 Å². The predicted octanol–water partition coefficient (Wildman–Crippen LogP) is 4.81. The Morgan fingerprint density at radius 2 is 1.88 bits per heavy atom. The number of aromatic amines is 1. The van der Waals surface area contributed by atoms with Crippen LogP contribution in [0.3, 0.4) is 0 Å². The molecule has 8 nitrogen and oxygen atoms in total. The quantitative estimate of drug-likeness (QED) is 0.399. The Balaban J connectivity index is 1.69. The minimum Gasteiger partial charge on any atom is -0.378 e. The number of nitrogens with one attached hydrogen (secondary N) is 1. The van der Waals surface area contributed by atoms with Gasteiger partial charge in [-0.15, -0.1) is 0 Å². The van der Waals surface area contributed by atoms with Crippen LogP contribution in [0, 0.1) is 6.92 Å². The van der Waals surface area contributed by atoms with E-state index in [2.05, 4.69) is 41.8 Å². The summed E-state index contributed by atoms with van der Waals surface area (Å²) in [4.78, 5) is 16.1. The molecule has 0 spiro atoms. The standard InChI is InChI=1S/C23H19Cl2N7O/c1-13-29-21-16(23-27-12-28-30-23)9-14(31-5-7-33-8-6-31)10-19(21)32(13)22-15-3-2-4-17(24)20(15)26-11-18(22)25/h2-4,9-12H,5-8H2,1H3,(H,27,28,30). The molecule has 33 heavy (non-hydrogen) atoms. The largest absolute Gasteiger partial charge is 0.378 e. The number of halogens is 2. The summed E-state index contributed by atoms with van der Waals surface area (Å²) in [5.41, 5.74) is 5.15. The summed E-state index contributed by atoms with van der Waals surface area (Å²) in [6.45, 7) is 4.96. The molecule has 2 aromatic carbocycles. The van der Waals surface area contributed by atoms with E-state index in [-0.39, 0.29) is 0 Å². The van der Waals surface area contributed by atoms with E-state index >= 15 is 0 Å². The van der Waals surface area contributed by atoms with Crippen molar-refractivity contribution < 1.29 is 4.74 Å². The highest BCUT2D eigenvalue weighted by Crippen LogP contribution is 2.38. The number of aromatic nitrogens is 6. The average molecular weight is 480 g/mol. The number of fused-ring (bicyclic) bond motifs is 2. The van der Waals surface area contributed by atoms with Gasteiger partial charge in [0.25, 0.3) is 0 Å². The van der Waals surface area contributed by atoms with Crippen LogP contribution in [0.15, 0.2) is 42.9 Å². The first-order valence-corrected chi connectivity index (χ1v) is 11.3. The van der Waals surface area contributed by atoms with Gasteiger partial charge in [0.2, 0.25) is 0 Å². The Labute approximate surface area is 199 Å². The number of imidazole rings is 1. The van der Waals surface area contributed by atoms with Crippen LogP contribution in [0.2, 0.25) is 10.0 Å². The maximum absolute atomic E-state index is 6.74. The summed E-state index contributed by atoms with van der Waals surface area (Å²) in [5.74, 6) is 1.45. The summed E-state index contributed by atoms with van der Waals surface area (Å²) in [5, 5.41) is 8.99. The van der Waals surface area contributed by atoms with E-state index in [0.717, 1.165) is 52.3 Å². The van der Waals surface area contributed by atoms with Gasteiger partial charge in [-0.3, -0.25) is 14.6 Å². The Kier molecular flexibility index (Phi) is 4.94. The lowest BCUT2D eigenvalue weighted by Gasteiger charge is -2.29.